The number of para-hydroxylation sites is 2. The van der Waals surface area contributed by atoms with Crippen molar-refractivity contribution in [1.82, 2.24) is 0 Å². The summed E-state index contributed by atoms with van der Waals surface area (Å²) in [4.78, 5) is 12.2. The van der Waals surface area contributed by atoms with Crippen molar-refractivity contribution in [3.63, 3.8) is 0 Å². The van der Waals surface area contributed by atoms with Gasteiger partial charge in [-0.25, -0.2) is 0 Å². The van der Waals surface area contributed by atoms with Gasteiger partial charge < -0.3 is 20.1 Å². The molecule has 0 saturated carbocycles. The zero-order valence-electron chi connectivity index (χ0n) is 14.2. The summed E-state index contributed by atoms with van der Waals surface area (Å²) in [6.45, 7) is 2.92. The number of amides is 1. The van der Waals surface area contributed by atoms with Crippen molar-refractivity contribution >= 4 is 17.3 Å². The number of anilines is 2. The summed E-state index contributed by atoms with van der Waals surface area (Å²) < 4.78 is 10.9. The average Bonchev–Trinajstić information content (AvgIpc) is 2.62. The smallest absolute Gasteiger partial charge is 0.243 e. The van der Waals surface area contributed by atoms with Gasteiger partial charge in [0.2, 0.25) is 5.91 Å². The highest BCUT2D eigenvalue weighted by molar-refractivity contribution is 5.95. The lowest BCUT2D eigenvalue weighted by molar-refractivity contribution is -0.114. The maximum absolute atomic E-state index is 12.2. The first-order valence-corrected chi connectivity index (χ1v) is 8.12. The first-order chi connectivity index (χ1) is 11.7. The van der Waals surface area contributed by atoms with Crippen LogP contribution in [0.25, 0.3) is 0 Å². The minimum Gasteiger partial charge on any atom is -0.497 e. The van der Waals surface area contributed by atoms with E-state index in [0.29, 0.717) is 18.0 Å². The summed E-state index contributed by atoms with van der Waals surface area (Å²) in [5.41, 5.74) is 1.52. The number of unbranched alkanes of at least 4 members (excludes halogenated alkanes) is 1. The minimum atomic E-state index is -0.135. The van der Waals surface area contributed by atoms with E-state index in [9.17, 15) is 4.79 Å². The van der Waals surface area contributed by atoms with E-state index < -0.39 is 0 Å². The maximum atomic E-state index is 12.2. The van der Waals surface area contributed by atoms with Gasteiger partial charge in [0.25, 0.3) is 0 Å². The molecular weight excluding hydrogens is 304 g/mol. The van der Waals surface area contributed by atoms with Crippen molar-refractivity contribution in [2.24, 2.45) is 0 Å². The number of nitrogens with one attached hydrogen (secondary N) is 2. The van der Waals surface area contributed by atoms with Crippen molar-refractivity contribution in [2.45, 2.75) is 19.8 Å². The van der Waals surface area contributed by atoms with Crippen LogP contribution in [-0.4, -0.2) is 26.2 Å². The Bertz CT molecular complexity index is 659. The molecule has 1 amide bonds. The van der Waals surface area contributed by atoms with Gasteiger partial charge in [-0.3, -0.25) is 4.79 Å². The maximum Gasteiger partial charge on any atom is 0.243 e. The van der Waals surface area contributed by atoms with Crippen LogP contribution in [0.3, 0.4) is 0 Å². The molecule has 128 valence electrons. The summed E-state index contributed by atoms with van der Waals surface area (Å²) in [5.74, 6) is 1.31. The van der Waals surface area contributed by atoms with Gasteiger partial charge in [0.1, 0.15) is 11.5 Å². The standard InChI is InChI=1S/C19H24N2O3/c1-3-4-12-24-18-11-6-5-10-17(18)21-19(22)14-20-15-8-7-9-16(13-15)23-2/h5-11,13,20H,3-4,12,14H2,1-2H3,(H,21,22). The number of carbonyl (C=O) groups is 1. The molecule has 0 aliphatic carbocycles. The molecule has 2 rings (SSSR count). The Labute approximate surface area is 143 Å². The van der Waals surface area contributed by atoms with Gasteiger partial charge in [-0.05, 0) is 30.7 Å². The number of carbonyl (C=O) groups excluding carboxylic acids is 1. The molecule has 2 aromatic rings. The van der Waals surface area contributed by atoms with E-state index >= 15 is 0 Å². The van der Waals surface area contributed by atoms with Gasteiger partial charge in [-0.2, -0.15) is 0 Å². The highest BCUT2D eigenvalue weighted by Gasteiger charge is 2.07. The predicted molar refractivity (Wildman–Crippen MR) is 97.0 cm³/mol. The van der Waals surface area contributed by atoms with E-state index in [1.54, 1.807) is 7.11 Å². The normalized spacial score (nSPS) is 10.1. The van der Waals surface area contributed by atoms with Crippen LogP contribution in [0, 0.1) is 0 Å². The molecule has 0 spiro atoms. The molecule has 24 heavy (non-hydrogen) atoms. The third-order valence-corrected chi connectivity index (χ3v) is 3.44. The largest absolute Gasteiger partial charge is 0.497 e. The number of hydrogen-bond donors (Lipinski definition) is 2. The summed E-state index contributed by atoms with van der Waals surface area (Å²) in [6.07, 6.45) is 2.05. The first-order valence-electron chi connectivity index (χ1n) is 8.12. The lowest BCUT2D eigenvalue weighted by Gasteiger charge is -2.13. The van der Waals surface area contributed by atoms with Gasteiger partial charge in [-0.15, -0.1) is 0 Å². The summed E-state index contributed by atoms with van der Waals surface area (Å²) in [7, 11) is 1.61. The zero-order valence-corrected chi connectivity index (χ0v) is 14.2. The lowest BCUT2D eigenvalue weighted by Crippen LogP contribution is -2.22. The molecule has 0 aliphatic rings. The summed E-state index contributed by atoms with van der Waals surface area (Å²) in [6, 6.07) is 14.9. The van der Waals surface area contributed by atoms with Crippen LogP contribution in [-0.2, 0) is 4.79 Å². The number of methoxy groups -OCH3 is 1. The highest BCUT2D eigenvalue weighted by atomic mass is 16.5. The first kappa shape index (κ1) is 17.7. The number of rotatable bonds is 9. The van der Waals surface area contributed by atoms with Crippen LogP contribution in [0.15, 0.2) is 48.5 Å². The monoisotopic (exact) mass is 328 g/mol. The van der Waals surface area contributed by atoms with Gasteiger partial charge >= 0.3 is 0 Å². The van der Waals surface area contributed by atoms with E-state index in [0.717, 1.165) is 24.3 Å². The van der Waals surface area contributed by atoms with E-state index in [1.807, 2.05) is 48.5 Å². The van der Waals surface area contributed by atoms with E-state index in [4.69, 9.17) is 9.47 Å². The van der Waals surface area contributed by atoms with E-state index in [1.165, 1.54) is 0 Å². The van der Waals surface area contributed by atoms with Crippen molar-refractivity contribution in [3.05, 3.63) is 48.5 Å². The zero-order chi connectivity index (χ0) is 17.2. The lowest BCUT2D eigenvalue weighted by atomic mass is 10.2. The molecule has 0 heterocycles. The second-order valence-corrected chi connectivity index (χ2v) is 5.33. The molecule has 0 fully saturated rings. The van der Waals surface area contributed by atoms with Crippen molar-refractivity contribution in [1.29, 1.82) is 0 Å². The SMILES string of the molecule is CCCCOc1ccccc1NC(=O)CNc1cccc(OC)c1. The molecule has 0 aromatic heterocycles. The third kappa shape index (κ3) is 5.50. The molecule has 2 aromatic carbocycles. The fraction of sp³-hybridized carbons (Fsp3) is 0.316. The van der Waals surface area contributed by atoms with Crippen LogP contribution in [0.2, 0.25) is 0 Å². The summed E-state index contributed by atoms with van der Waals surface area (Å²) >= 11 is 0. The topological polar surface area (TPSA) is 59.6 Å². The van der Waals surface area contributed by atoms with E-state index in [-0.39, 0.29) is 12.5 Å². The highest BCUT2D eigenvalue weighted by Crippen LogP contribution is 2.24. The molecule has 0 radical (unpaired) electrons. The average molecular weight is 328 g/mol. The number of benzene rings is 2. The molecule has 0 bridgehead atoms. The van der Waals surface area contributed by atoms with Crippen LogP contribution in [0.4, 0.5) is 11.4 Å². The molecule has 0 unspecified atom stereocenters. The number of hydrogen-bond acceptors (Lipinski definition) is 4. The van der Waals surface area contributed by atoms with Gasteiger partial charge in [0.15, 0.2) is 0 Å². The Balaban J connectivity index is 1.90. The number of ether oxygens (including phenoxy) is 2. The fourth-order valence-electron chi connectivity index (χ4n) is 2.13. The predicted octanol–water partition coefficient (Wildman–Crippen LogP) is 3.92. The van der Waals surface area contributed by atoms with Crippen LogP contribution in [0.5, 0.6) is 11.5 Å². The molecule has 0 atom stereocenters. The second kappa shape index (κ2) is 9.45. The van der Waals surface area contributed by atoms with Crippen molar-refractivity contribution in [2.75, 3.05) is 30.9 Å². The summed E-state index contributed by atoms with van der Waals surface area (Å²) in [5, 5.41) is 5.96. The molecular formula is C19H24N2O3. The Kier molecular flexibility index (Phi) is 6.95. The van der Waals surface area contributed by atoms with Crippen LogP contribution < -0.4 is 20.1 Å². The van der Waals surface area contributed by atoms with Crippen molar-refractivity contribution in [3.8, 4) is 11.5 Å². The Morgan fingerprint density at radius 3 is 2.75 bits per heavy atom. The Morgan fingerprint density at radius 1 is 1.12 bits per heavy atom. The third-order valence-electron chi connectivity index (χ3n) is 3.44. The van der Waals surface area contributed by atoms with Crippen LogP contribution in [0.1, 0.15) is 19.8 Å². The second-order valence-electron chi connectivity index (χ2n) is 5.33. The quantitative estimate of drug-likeness (QED) is 0.685. The fourth-order valence-corrected chi connectivity index (χ4v) is 2.13. The molecule has 0 saturated heterocycles. The molecule has 5 nitrogen and oxygen atoms in total. The van der Waals surface area contributed by atoms with Gasteiger partial charge in [0, 0.05) is 11.8 Å². The van der Waals surface area contributed by atoms with Gasteiger partial charge in [0.05, 0.1) is 25.9 Å². The Morgan fingerprint density at radius 2 is 1.96 bits per heavy atom. The molecule has 5 heteroatoms. The molecule has 0 aliphatic heterocycles. The van der Waals surface area contributed by atoms with Crippen LogP contribution >= 0.6 is 0 Å². The Hall–Kier alpha value is -2.69. The molecule has 2 N–H and O–H groups in total. The van der Waals surface area contributed by atoms with E-state index in [2.05, 4.69) is 17.6 Å². The van der Waals surface area contributed by atoms with Gasteiger partial charge in [-0.1, -0.05) is 31.5 Å². The van der Waals surface area contributed by atoms with Crippen molar-refractivity contribution < 1.29 is 14.3 Å². The minimum absolute atomic E-state index is 0.135.